The summed E-state index contributed by atoms with van der Waals surface area (Å²) in [5.74, 6) is 1.03. The Morgan fingerprint density at radius 2 is 1.89 bits per heavy atom. The van der Waals surface area contributed by atoms with E-state index >= 15 is 0 Å². The van der Waals surface area contributed by atoms with E-state index in [-0.39, 0.29) is 18.7 Å². The van der Waals surface area contributed by atoms with Gasteiger partial charge in [-0.1, -0.05) is 24.3 Å². The average molecular weight is 499 g/mol. The van der Waals surface area contributed by atoms with Crippen LogP contribution < -0.4 is 10.2 Å². The number of piperazine rings is 1. The topological polar surface area (TPSA) is 120 Å². The molecule has 1 unspecified atom stereocenters. The number of amides is 2. The first kappa shape index (κ1) is 25.6. The fourth-order valence-electron chi connectivity index (χ4n) is 4.68. The minimum Gasteiger partial charge on any atom is -0.465 e. The van der Waals surface area contributed by atoms with E-state index in [9.17, 15) is 14.7 Å². The molecule has 1 aromatic carbocycles. The Kier molecular flexibility index (Phi) is 8.21. The predicted octanol–water partition coefficient (Wildman–Crippen LogP) is 3.50. The molecule has 2 aliphatic heterocycles. The molecule has 36 heavy (non-hydrogen) atoms. The van der Waals surface area contributed by atoms with E-state index in [4.69, 9.17) is 9.47 Å². The van der Waals surface area contributed by atoms with Crippen molar-refractivity contribution in [2.75, 3.05) is 56.7 Å². The first-order valence-corrected chi connectivity index (χ1v) is 12.3. The molecule has 2 atom stereocenters. The van der Waals surface area contributed by atoms with Crippen LogP contribution >= 0.6 is 0 Å². The second-order valence-electron chi connectivity index (χ2n) is 8.98. The summed E-state index contributed by atoms with van der Waals surface area (Å²) >= 11 is 0. The highest BCUT2D eigenvalue weighted by Gasteiger charge is 2.28. The highest BCUT2D eigenvalue weighted by Crippen LogP contribution is 2.29. The zero-order valence-electron chi connectivity index (χ0n) is 21.0. The number of ether oxygens (including phenoxy) is 2. The largest absolute Gasteiger partial charge is 0.465 e. The average Bonchev–Trinajstić information content (AvgIpc) is 2.89. The molecule has 0 aliphatic carbocycles. The van der Waals surface area contributed by atoms with E-state index in [0.717, 1.165) is 17.5 Å². The number of anilines is 2. The molecule has 0 spiro atoms. The number of carbonyl (C=O) groups excluding carboxylic acids is 1. The van der Waals surface area contributed by atoms with Crippen molar-refractivity contribution in [1.29, 1.82) is 0 Å². The summed E-state index contributed by atoms with van der Waals surface area (Å²) in [6.45, 7) is 7.58. The first-order chi connectivity index (χ1) is 17.4. The van der Waals surface area contributed by atoms with Crippen LogP contribution in [0.15, 0.2) is 30.5 Å². The summed E-state index contributed by atoms with van der Waals surface area (Å²) in [5, 5.41) is 12.6. The number of cyclic esters (lactones) is 1. The van der Waals surface area contributed by atoms with Crippen LogP contribution in [0.25, 0.3) is 0 Å². The van der Waals surface area contributed by atoms with Gasteiger partial charge in [-0.15, -0.1) is 0 Å². The van der Waals surface area contributed by atoms with Crippen molar-refractivity contribution in [2.24, 2.45) is 0 Å². The number of aromatic nitrogens is 2. The van der Waals surface area contributed by atoms with Gasteiger partial charge in [-0.2, -0.15) is 4.98 Å². The van der Waals surface area contributed by atoms with Crippen LogP contribution in [0.2, 0.25) is 0 Å². The molecule has 2 aliphatic rings. The van der Waals surface area contributed by atoms with Crippen molar-refractivity contribution >= 4 is 24.0 Å². The Labute approximate surface area is 211 Å². The van der Waals surface area contributed by atoms with E-state index in [2.05, 4.69) is 44.5 Å². The van der Waals surface area contributed by atoms with Crippen molar-refractivity contribution in [2.45, 2.75) is 39.0 Å². The van der Waals surface area contributed by atoms with Crippen molar-refractivity contribution in [1.82, 2.24) is 19.8 Å². The third-order valence-corrected chi connectivity index (χ3v) is 6.77. The molecule has 11 nitrogen and oxygen atoms in total. The van der Waals surface area contributed by atoms with Crippen LogP contribution in [0.3, 0.4) is 0 Å². The minimum absolute atomic E-state index is 0.0562. The molecule has 2 aromatic rings. The molecule has 1 saturated heterocycles. The zero-order valence-corrected chi connectivity index (χ0v) is 21.0. The van der Waals surface area contributed by atoms with Crippen LogP contribution in [-0.4, -0.2) is 83.5 Å². The molecule has 0 saturated carbocycles. The Bertz CT molecular complexity index is 1060. The standard InChI is InChI=1S/C25H34N6O5/c1-4-31-22-20(16-36-25(31)34)15-26-23(28-22)27-17(2)18-5-7-19(8-6-18)21(9-14-35-3)29-10-12-30(13-11-29)24(32)33/h5-8,15,17,21H,4,9-14,16H2,1-3H3,(H,32,33)(H,26,27,28)/t17-,21?/m0/s1. The molecule has 3 heterocycles. The van der Waals surface area contributed by atoms with E-state index in [0.29, 0.717) is 51.1 Å². The molecule has 1 fully saturated rings. The van der Waals surface area contributed by atoms with Crippen LogP contribution in [-0.2, 0) is 16.1 Å². The lowest BCUT2D eigenvalue weighted by Gasteiger charge is -2.38. The zero-order chi connectivity index (χ0) is 25.7. The quantitative estimate of drug-likeness (QED) is 0.535. The number of nitrogens with one attached hydrogen (secondary N) is 1. The summed E-state index contributed by atoms with van der Waals surface area (Å²) in [6, 6.07) is 8.53. The Balaban J connectivity index is 1.44. The lowest BCUT2D eigenvalue weighted by Crippen LogP contribution is -2.49. The number of benzene rings is 1. The third-order valence-electron chi connectivity index (χ3n) is 6.77. The Morgan fingerprint density at radius 1 is 1.19 bits per heavy atom. The molecule has 11 heteroatoms. The summed E-state index contributed by atoms with van der Waals surface area (Å²) in [7, 11) is 1.70. The van der Waals surface area contributed by atoms with Gasteiger partial charge in [-0.3, -0.25) is 9.80 Å². The number of nitrogens with zero attached hydrogens (tertiary/aromatic N) is 5. The van der Waals surface area contributed by atoms with Gasteiger partial charge in [-0.25, -0.2) is 14.6 Å². The van der Waals surface area contributed by atoms with Gasteiger partial charge in [0.1, 0.15) is 12.4 Å². The molecule has 4 rings (SSSR count). The van der Waals surface area contributed by atoms with Crippen LogP contribution in [0, 0.1) is 0 Å². The number of carboxylic acid groups (broad SMARTS) is 1. The second-order valence-corrected chi connectivity index (χ2v) is 8.98. The highest BCUT2D eigenvalue weighted by atomic mass is 16.6. The third kappa shape index (κ3) is 5.68. The number of hydrogen-bond acceptors (Lipinski definition) is 8. The fourth-order valence-corrected chi connectivity index (χ4v) is 4.68. The maximum atomic E-state index is 12.0. The molecular weight excluding hydrogens is 464 g/mol. The first-order valence-electron chi connectivity index (χ1n) is 12.3. The smallest absolute Gasteiger partial charge is 0.415 e. The van der Waals surface area contributed by atoms with Gasteiger partial charge in [0.05, 0.1) is 11.6 Å². The minimum atomic E-state index is -0.862. The summed E-state index contributed by atoms with van der Waals surface area (Å²) in [5.41, 5.74) is 3.03. The molecule has 1 aromatic heterocycles. The summed E-state index contributed by atoms with van der Waals surface area (Å²) in [4.78, 5) is 37.6. The van der Waals surface area contributed by atoms with Gasteiger partial charge >= 0.3 is 12.2 Å². The number of rotatable bonds is 9. The SMILES string of the molecule is CCN1C(=O)OCc2cnc(N[C@@H](C)c3ccc(C(CCOC)N4CCN(C(=O)O)CC4)cc3)nc21. The van der Waals surface area contributed by atoms with E-state index in [1.807, 2.05) is 13.8 Å². The Hall–Kier alpha value is -3.44. The second kappa shape index (κ2) is 11.5. The van der Waals surface area contributed by atoms with Gasteiger partial charge in [0.15, 0.2) is 0 Å². The molecule has 0 radical (unpaired) electrons. The summed E-state index contributed by atoms with van der Waals surface area (Å²) in [6.07, 6.45) is 1.26. The number of hydrogen-bond donors (Lipinski definition) is 2. The van der Waals surface area contributed by atoms with Crippen molar-refractivity contribution in [3.05, 3.63) is 47.2 Å². The Morgan fingerprint density at radius 3 is 2.53 bits per heavy atom. The van der Waals surface area contributed by atoms with Gasteiger partial charge in [0, 0.05) is 58.7 Å². The van der Waals surface area contributed by atoms with Gasteiger partial charge < -0.3 is 24.8 Å². The molecule has 2 N–H and O–H groups in total. The normalized spacial score (nSPS) is 17.8. The van der Waals surface area contributed by atoms with E-state index < -0.39 is 12.2 Å². The van der Waals surface area contributed by atoms with Crippen LogP contribution in [0.5, 0.6) is 0 Å². The number of methoxy groups -OCH3 is 1. The lowest BCUT2D eigenvalue weighted by atomic mass is 9.98. The van der Waals surface area contributed by atoms with E-state index in [1.165, 1.54) is 15.4 Å². The van der Waals surface area contributed by atoms with Gasteiger partial charge in [-0.05, 0) is 31.4 Å². The fraction of sp³-hybridized carbons (Fsp3) is 0.520. The molecule has 0 bridgehead atoms. The maximum Gasteiger partial charge on any atom is 0.415 e. The van der Waals surface area contributed by atoms with Crippen LogP contribution in [0.4, 0.5) is 21.4 Å². The molecular formula is C25H34N6O5. The number of fused-ring (bicyclic) bond motifs is 1. The van der Waals surface area contributed by atoms with Gasteiger partial charge in [0.25, 0.3) is 0 Å². The molecule has 194 valence electrons. The number of carbonyl (C=O) groups is 2. The molecule has 2 amide bonds. The lowest BCUT2D eigenvalue weighted by molar-refractivity contribution is 0.0709. The summed E-state index contributed by atoms with van der Waals surface area (Å²) < 4.78 is 10.5. The maximum absolute atomic E-state index is 12.0. The van der Waals surface area contributed by atoms with Crippen molar-refractivity contribution in [3.63, 3.8) is 0 Å². The van der Waals surface area contributed by atoms with Gasteiger partial charge in [0.2, 0.25) is 5.95 Å². The predicted molar refractivity (Wildman–Crippen MR) is 134 cm³/mol. The van der Waals surface area contributed by atoms with Crippen molar-refractivity contribution < 1.29 is 24.2 Å². The van der Waals surface area contributed by atoms with Crippen LogP contribution in [0.1, 0.15) is 49.0 Å². The van der Waals surface area contributed by atoms with Crippen molar-refractivity contribution in [3.8, 4) is 0 Å². The van der Waals surface area contributed by atoms with E-state index in [1.54, 1.807) is 13.3 Å². The monoisotopic (exact) mass is 498 g/mol. The highest BCUT2D eigenvalue weighted by molar-refractivity contribution is 5.89.